The van der Waals surface area contributed by atoms with E-state index >= 15 is 0 Å². The largest absolute Gasteiger partial charge is 0.421 e. The Labute approximate surface area is 113 Å². The summed E-state index contributed by atoms with van der Waals surface area (Å²) in [6.45, 7) is 0. The van der Waals surface area contributed by atoms with Crippen molar-refractivity contribution < 1.29 is 18.4 Å². The number of nitro groups is 1. The van der Waals surface area contributed by atoms with Crippen LogP contribution < -0.4 is 4.74 Å². The zero-order chi connectivity index (χ0) is 14.0. The molecule has 0 unspecified atom stereocenters. The Balaban J connectivity index is 2.28. The lowest BCUT2D eigenvalue weighted by Crippen LogP contribution is -1.97. The molecule has 1 aromatic carbocycles. The van der Waals surface area contributed by atoms with Gasteiger partial charge in [-0.2, -0.15) is 14.4 Å². The number of nitrogens with zero attached hydrogens (tertiary/aromatic N) is 3. The van der Waals surface area contributed by atoms with Crippen LogP contribution in [-0.4, -0.2) is 14.9 Å². The van der Waals surface area contributed by atoms with Gasteiger partial charge < -0.3 is 4.74 Å². The van der Waals surface area contributed by atoms with Gasteiger partial charge in [0, 0.05) is 4.47 Å². The fourth-order valence-corrected chi connectivity index (χ4v) is 1.57. The highest BCUT2D eigenvalue weighted by Gasteiger charge is 2.14. The van der Waals surface area contributed by atoms with Gasteiger partial charge in [0.25, 0.3) is 0 Å². The monoisotopic (exact) mass is 331 g/mol. The van der Waals surface area contributed by atoms with Gasteiger partial charge in [0.1, 0.15) is 12.4 Å². The first-order valence-electron chi connectivity index (χ1n) is 4.76. The first-order valence-corrected chi connectivity index (χ1v) is 5.55. The second-order valence-corrected chi connectivity index (χ2v) is 4.20. The first kappa shape index (κ1) is 13.3. The molecule has 0 spiro atoms. The third kappa shape index (κ3) is 2.99. The van der Waals surface area contributed by atoms with Crippen LogP contribution in [0.15, 0.2) is 29.0 Å². The van der Waals surface area contributed by atoms with Gasteiger partial charge in [-0.25, -0.2) is 4.39 Å². The molecular formula is C10H4BrF2N3O3. The second kappa shape index (κ2) is 5.22. The topological polar surface area (TPSA) is 78.2 Å². The van der Waals surface area contributed by atoms with Gasteiger partial charge in [-0.15, -0.1) is 0 Å². The molecule has 1 heterocycles. The van der Waals surface area contributed by atoms with E-state index in [4.69, 9.17) is 4.74 Å². The van der Waals surface area contributed by atoms with Crippen LogP contribution in [0.2, 0.25) is 0 Å². The summed E-state index contributed by atoms with van der Waals surface area (Å²) in [7, 11) is 0. The smallest absolute Gasteiger partial charge is 0.322 e. The summed E-state index contributed by atoms with van der Waals surface area (Å²) in [6.07, 6.45) is 1.79. The lowest BCUT2D eigenvalue weighted by molar-refractivity contribution is -0.385. The molecule has 0 atom stereocenters. The molecule has 0 fully saturated rings. The van der Waals surface area contributed by atoms with Crippen LogP contribution >= 0.6 is 15.9 Å². The van der Waals surface area contributed by atoms with Crippen LogP contribution in [0.3, 0.4) is 0 Å². The van der Waals surface area contributed by atoms with E-state index in [1.807, 2.05) is 0 Å². The summed E-state index contributed by atoms with van der Waals surface area (Å²) in [6, 6.07) is 1.78. The third-order valence-electron chi connectivity index (χ3n) is 1.99. The van der Waals surface area contributed by atoms with Crippen molar-refractivity contribution in [2.24, 2.45) is 0 Å². The number of aromatic nitrogens is 2. The van der Waals surface area contributed by atoms with E-state index in [2.05, 4.69) is 25.9 Å². The summed E-state index contributed by atoms with van der Waals surface area (Å²) >= 11 is 2.97. The minimum Gasteiger partial charge on any atom is -0.421 e. The summed E-state index contributed by atoms with van der Waals surface area (Å²) in [5.74, 6) is -2.74. The number of rotatable bonds is 3. The Morgan fingerprint density at radius 2 is 1.89 bits per heavy atom. The van der Waals surface area contributed by atoms with E-state index in [1.54, 1.807) is 0 Å². The molecule has 6 nitrogen and oxygen atoms in total. The van der Waals surface area contributed by atoms with Gasteiger partial charge in [-0.1, -0.05) is 15.9 Å². The van der Waals surface area contributed by atoms with Gasteiger partial charge in [0.05, 0.1) is 4.92 Å². The normalized spacial score (nSPS) is 10.3. The van der Waals surface area contributed by atoms with E-state index in [0.29, 0.717) is 0 Å². The highest BCUT2D eigenvalue weighted by Crippen LogP contribution is 2.28. The van der Waals surface area contributed by atoms with Crippen molar-refractivity contribution in [3.05, 3.63) is 50.7 Å². The van der Waals surface area contributed by atoms with E-state index < -0.39 is 22.3 Å². The standard InChI is InChI=1S/C10H4BrF2N3O3/c11-5-1-7(12)9(13)8(2-5)19-10-14-3-6(4-15-10)16(17)18/h1-4H. The maximum absolute atomic E-state index is 13.4. The maximum atomic E-state index is 13.4. The van der Waals surface area contributed by atoms with Crippen LogP contribution in [0.4, 0.5) is 14.5 Å². The lowest BCUT2D eigenvalue weighted by atomic mass is 10.3. The second-order valence-electron chi connectivity index (χ2n) is 3.28. The van der Waals surface area contributed by atoms with E-state index in [-0.39, 0.29) is 16.2 Å². The minimum atomic E-state index is -1.20. The lowest BCUT2D eigenvalue weighted by Gasteiger charge is -2.05. The number of halogens is 3. The highest BCUT2D eigenvalue weighted by atomic mass is 79.9. The van der Waals surface area contributed by atoms with Crippen molar-refractivity contribution in [1.82, 2.24) is 9.97 Å². The Morgan fingerprint density at radius 3 is 2.47 bits per heavy atom. The molecule has 0 amide bonds. The number of hydrogen-bond donors (Lipinski definition) is 0. The summed E-state index contributed by atoms with van der Waals surface area (Å²) in [5, 5.41) is 10.4. The average Bonchev–Trinajstić information content (AvgIpc) is 2.36. The van der Waals surface area contributed by atoms with Crippen molar-refractivity contribution in [2.45, 2.75) is 0 Å². The molecule has 2 rings (SSSR count). The maximum Gasteiger partial charge on any atom is 0.322 e. The first-order chi connectivity index (χ1) is 8.97. The number of benzene rings is 1. The molecule has 0 aliphatic carbocycles. The molecule has 1 aromatic heterocycles. The minimum absolute atomic E-state index is 0.267. The molecule has 0 saturated heterocycles. The fraction of sp³-hybridized carbons (Fsp3) is 0. The van der Waals surface area contributed by atoms with Crippen molar-refractivity contribution in [3.63, 3.8) is 0 Å². The molecule has 9 heteroatoms. The van der Waals surface area contributed by atoms with E-state index in [9.17, 15) is 18.9 Å². The van der Waals surface area contributed by atoms with Crippen LogP contribution in [0.5, 0.6) is 11.8 Å². The molecule has 0 radical (unpaired) electrons. The molecule has 0 aliphatic rings. The quantitative estimate of drug-likeness (QED) is 0.490. The third-order valence-corrected chi connectivity index (χ3v) is 2.44. The Kier molecular flexibility index (Phi) is 3.65. The van der Waals surface area contributed by atoms with Gasteiger partial charge in [0.2, 0.25) is 5.82 Å². The Morgan fingerprint density at radius 1 is 1.26 bits per heavy atom. The van der Waals surface area contributed by atoms with Crippen LogP contribution in [0, 0.1) is 21.7 Å². The Bertz CT molecular complexity index is 637. The van der Waals surface area contributed by atoms with Crippen molar-refractivity contribution in [3.8, 4) is 11.8 Å². The number of hydrogen-bond acceptors (Lipinski definition) is 5. The van der Waals surface area contributed by atoms with Crippen LogP contribution in [-0.2, 0) is 0 Å². The summed E-state index contributed by atoms with van der Waals surface area (Å²) in [5.41, 5.74) is -0.340. The van der Waals surface area contributed by atoms with Crippen molar-refractivity contribution >= 4 is 21.6 Å². The molecule has 0 saturated carbocycles. The zero-order valence-electron chi connectivity index (χ0n) is 9.01. The van der Waals surface area contributed by atoms with Crippen molar-refractivity contribution in [2.75, 3.05) is 0 Å². The average molecular weight is 332 g/mol. The molecule has 0 N–H and O–H groups in total. The van der Waals surface area contributed by atoms with E-state index in [1.165, 1.54) is 6.07 Å². The molecule has 2 aromatic rings. The molecule has 98 valence electrons. The molecule has 0 aliphatic heterocycles. The Hall–Kier alpha value is -2.16. The van der Waals surface area contributed by atoms with Gasteiger partial charge in [-0.3, -0.25) is 10.1 Å². The fourth-order valence-electron chi connectivity index (χ4n) is 1.16. The van der Waals surface area contributed by atoms with Crippen LogP contribution in [0.1, 0.15) is 0 Å². The molecule has 0 bridgehead atoms. The highest BCUT2D eigenvalue weighted by molar-refractivity contribution is 9.10. The summed E-state index contributed by atoms with van der Waals surface area (Å²) in [4.78, 5) is 16.7. The van der Waals surface area contributed by atoms with Gasteiger partial charge >= 0.3 is 11.7 Å². The van der Waals surface area contributed by atoms with Gasteiger partial charge in [-0.05, 0) is 12.1 Å². The van der Waals surface area contributed by atoms with Crippen molar-refractivity contribution in [1.29, 1.82) is 0 Å². The summed E-state index contributed by atoms with van der Waals surface area (Å²) < 4.78 is 31.7. The van der Waals surface area contributed by atoms with Gasteiger partial charge in [0.15, 0.2) is 11.6 Å². The number of ether oxygens (including phenoxy) is 1. The SMILES string of the molecule is O=[N+]([O-])c1cnc(Oc2cc(Br)cc(F)c2F)nc1. The zero-order valence-corrected chi connectivity index (χ0v) is 10.6. The van der Waals surface area contributed by atoms with Crippen LogP contribution in [0.25, 0.3) is 0 Å². The predicted octanol–water partition coefficient (Wildman–Crippen LogP) is 3.22. The molecular weight excluding hydrogens is 328 g/mol. The predicted molar refractivity (Wildman–Crippen MR) is 62.8 cm³/mol. The van der Waals surface area contributed by atoms with E-state index in [0.717, 1.165) is 18.5 Å². The molecule has 19 heavy (non-hydrogen) atoms.